The lowest BCUT2D eigenvalue weighted by atomic mass is 10.1. The van der Waals surface area contributed by atoms with E-state index in [4.69, 9.17) is 27.9 Å². The highest BCUT2D eigenvalue weighted by Gasteiger charge is 2.17. The Morgan fingerprint density at radius 3 is 2.43 bits per heavy atom. The zero-order chi connectivity index (χ0) is 10.9. The molecule has 0 bridgehead atoms. The Balaban J connectivity index is 3.53. The van der Waals surface area contributed by atoms with Crippen molar-refractivity contribution in [3.05, 3.63) is 27.8 Å². The van der Waals surface area contributed by atoms with Crippen LogP contribution in [0.3, 0.4) is 0 Å². The third kappa shape index (κ3) is 1.86. The summed E-state index contributed by atoms with van der Waals surface area (Å²) in [5, 5.41) is -0.00366. The Labute approximate surface area is 92.8 Å². The molecule has 0 saturated carbocycles. The van der Waals surface area contributed by atoms with Crippen LogP contribution in [0.25, 0.3) is 0 Å². The zero-order valence-corrected chi connectivity index (χ0v) is 9.66. The van der Waals surface area contributed by atoms with Gasteiger partial charge in [0.25, 0.3) is 5.24 Å². The van der Waals surface area contributed by atoms with Crippen molar-refractivity contribution in [2.75, 3.05) is 7.11 Å². The number of hydrogen-bond donors (Lipinski definition) is 0. The number of ether oxygens (including phenoxy) is 1. The fourth-order valence-electron chi connectivity index (χ4n) is 1.33. The summed E-state index contributed by atoms with van der Waals surface area (Å²) in [5.74, 6) is 0.462. The molecular weight excluding hydrogens is 223 g/mol. The third-order valence-corrected chi connectivity index (χ3v) is 2.83. The van der Waals surface area contributed by atoms with Crippen LogP contribution in [0.5, 0.6) is 5.75 Å². The van der Waals surface area contributed by atoms with Crippen LogP contribution in [0.2, 0.25) is 5.02 Å². The monoisotopic (exact) mass is 232 g/mol. The van der Waals surface area contributed by atoms with Gasteiger partial charge in [0.15, 0.2) is 0 Å². The third-order valence-electron chi connectivity index (χ3n) is 2.06. The van der Waals surface area contributed by atoms with E-state index in [0.29, 0.717) is 21.9 Å². The van der Waals surface area contributed by atoms with Crippen molar-refractivity contribution in [2.45, 2.75) is 13.8 Å². The second-order valence-electron chi connectivity index (χ2n) is 2.98. The molecule has 0 atom stereocenters. The molecule has 1 rings (SSSR count). The van der Waals surface area contributed by atoms with Crippen molar-refractivity contribution in [1.29, 1.82) is 0 Å². The van der Waals surface area contributed by atoms with Crippen molar-refractivity contribution in [3.8, 4) is 5.75 Å². The molecule has 0 unspecified atom stereocenters. The van der Waals surface area contributed by atoms with E-state index in [9.17, 15) is 4.79 Å². The van der Waals surface area contributed by atoms with Gasteiger partial charge < -0.3 is 4.74 Å². The molecule has 1 aromatic carbocycles. The number of carbonyl (C=O) groups excluding carboxylic acids is 1. The molecule has 0 aliphatic heterocycles. The summed E-state index contributed by atoms with van der Waals surface area (Å²) in [6.45, 7) is 3.59. The van der Waals surface area contributed by atoms with Crippen LogP contribution >= 0.6 is 23.2 Å². The highest BCUT2D eigenvalue weighted by atomic mass is 35.5. The van der Waals surface area contributed by atoms with Crippen molar-refractivity contribution in [1.82, 2.24) is 0 Å². The predicted molar refractivity (Wildman–Crippen MR) is 57.7 cm³/mol. The number of benzene rings is 1. The van der Waals surface area contributed by atoms with Gasteiger partial charge in [0.2, 0.25) is 0 Å². The second kappa shape index (κ2) is 4.20. The summed E-state index contributed by atoms with van der Waals surface area (Å²) in [6, 6.07) is 1.70. The standard InChI is InChI=1S/C10H10Cl2O2/c1-5-4-7(14-3)8(10(12)13)6(2)9(5)11/h4H,1-3H3. The minimum Gasteiger partial charge on any atom is -0.496 e. The maximum absolute atomic E-state index is 11.1. The predicted octanol–water partition coefficient (Wildman–Crippen LogP) is 3.34. The van der Waals surface area contributed by atoms with E-state index in [1.54, 1.807) is 13.0 Å². The molecule has 0 aromatic heterocycles. The smallest absolute Gasteiger partial charge is 0.256 e. The minimum atomic E-state index is -0.554. The highest BCUT2D eigenvalue weighted by Crippen LogP contribution is 2.32. The number of carbonyl (C=O) groups is 1. The quantitative estimate of drug-likeness (QED) is 0.732. The maximum atomic E-state index is 11.1. The summed E-state index contributed by atoms with van der Waals surface area (Å²) in [7, 11) is 1.49. The van der Waals surface area contributed by atoms with Crippen LogP contribution < -0.4 is 4.74 Å². The van der Waals surface area contributed by atoms with E-state index >= 15 is 0 Å². The van der Waals surface area contributed by atoms with Gasteiger partial charge in [-0.25, -0.2) is 0 Å². The van der Waals surface area contributed by atoms with Gasteiger partial charge in [-0.1, -0.05) is 11.6 Å². The van der Waals surface area contributed by atoms with Crippen LogP contribution in [-0.4, -0.2) is 12.4 Å². The number of hydrogen-bond acceptors (Lipinski definition) is 2. The largest absolute Gasteiger partial charge is 0.496 e. The Morgan fingerprint density at radius 2 is 2.00 bits per heavy atom. The average Bonchev–Trinajstić information content (AvgIpc) is 2.12. The van der Waals surface area contributed by atoms with Crippen molar-refractivity contribution in [3.63, 3.8) is 0 Å². The van der Waals surface area contributed by atoms with Crippen LogP contribution in [0.15, 0.2) is 6.07 Å². The first-order valence-corrected chi connectivity index (χ1v) is 4.78. The molecule has 0 N–H and O–H groups in total. The lowest BCUT2D eigenvalue weighted by Crippen LogP contribution is -2.00. The molecule has 4 heteroatoms. The number of rotatable bonds is 2. The van der Waals surface area contributed by atoms with Crippen LogP contribution in [0, 0.1) is 13.8 Å². The Bertz CT molecular complexity index is 386. The number of aryl methyl sites for hydroxylation is 1. The second-order valence-corrected chi connectivity index (χ2v) is 3.70. The first-order chi connectivity index (χ1) is 6.49. The van der Waals surface area contributed by atoms with Crippen molar-refractivity contribution < 1.29 is 9.53 Å². The summed E-state index contributed by atoms with van der Waals surface area (Å²) in [6.07, 6.45) is 0. The summed E-state index contributed by atoms with van der Waals surface area (Å²) in [4.78, 5) is 11.1. The highest BCUT2D eigenvalue weighted by molar-refractivity contribution is 6.68. The van der Waals surface area contributed by atoms with Gasteiger partial charge in [-0.15, -0.1) is 0 Å². The molecule has 0 amide bonds. The molecule has 0 heterocycles. The molecule has 0 aliphatic rings. The van der Waals surface area contributed by atoms with Gasteiger partial charge in [-0.3, -0.25) is 4.79 Å². The molecule has 0 spiro atoms. The van der Waals surface area contributed by atoms with Crippen LogP contribution in [0.4, 0.5) is 0 Å². The van der Waals surface area contributed by atoms with E-state index < -0.39 is 5.24 Å². The Kier molecular flexibility index (Phi) is 3.40. The fraction of sp³-hybridized carbons (Fsp3) is 0.300. The lowest BCUT2D eigenvalue weighted by Gasteiger charge is -2.11. The molecule has 1 aromatic rings. The first-order valence-electron chi connectivity index (χ1n) is 4.02. The molecule has 2 nitrogen and oxygen atoms in total. The Hall–Kier alpha value is -0.730. The topological polar surface area (TPSA) is 26.3 Å². The van der Waals surface area contributed by atoms with Gasteiger partial charge in [0, 0.05) is 5.02 Å². The number of halogens is 2. The first kappa shape index (κ1) is 11.3. The normalized spacial score (nSPS) is 10.1. The Morgan fingerprint density at radius 1 is 1.43 bits per heavy atom. The average molecular weight is 233 g/mol. The molecular formula is C10H10Cl2O2. The van der Waals surface area contributed by atoms with Gasteiger partial charge in [0.05, 0.1) is 12.7 Å². The van der Waals surface area contributed by atoms with Gasteiger partial charge in [-0.2, -0.15) is 0 Å². The number of methoxy groups -OCH3 is 1. The zero-order valence-electron chi connectivity index (χ0n) is 8.15. The molecule has 0 fully saturated rings. The lowest BCUT2D eigenvalue weighted by molar-refractivity contribution is 0.107. The molecule has 0 aliphatic carbocycles. The summed E-state index contributed by atoms with van der Waals surface area (Å²) < 4.78 is 5.06. The van der Waals surface area contributed by atoms with Gasteiger partial charge in [-0.05, 0) is 42.6 Å². The van der Waals surface area contributed by atoms with Gasteiger partial charge in [0.1, 0.15) is 5.75 Å². The minimum absolute atomic E-state index is 0.338. The van der Waals surface area contributed by atoms with Crippen LogP contribution in [0.1, 0.15) is 21.5 Å². The van der Waals surface area contributed by atoms with E-state index in [-0.39, 0.29) is 0 Å². The van der Waals surface area contributed by atoms with E-state index in [1.807, 2.05) is 6.92 Å². The van der Waals surface area contributed by atoms with Crippen molar-refractivity contribution >= 4 is 28.4 Å². The molecule has 14 heavy (non-hydrogen) atoms. The van der Waals surface area contributed by atoms with Crippen LogP contribution in [-0.2, 0) is 0 Å². The van der Waals surface area contributed by atoms with E-state index in [1.165, 1.54) is 7.11 Å². The van der Waals surface area contributed by atoms with Gasteiger partial charge >= 0.3 is 0 Å². The van der Waals surface area contributed by atoms with E-state index in [0.717, 1.165) is 5.56 Å². The molecule has 76 valence electrons. The van der Waals surface area contributed by atoms with E-state index in [2.05, 4.69) is 0 Å². The molecule has 0 radical (unpaired) electrons. The summed E-state index contributed by atoms with van der Waals surface area (Å²) in [5.41, 5.74) is 1.86. The fourth-order valence-corrected chi connectivity index (χ4v) is 1.71. The molecule has 0 saturated heterocycles. The SMILES string of the molecule is COc1cc(C)c(Cl)c(C)c1C(=O)Cl. The maximum Gasteiger partial charge on any atom is 0.256 e. The van der Waals surface area contributed by atoms with Crippen molar-refractivity contribution in [2.24, 2.45) is 0 Å². The summed E-state index contributed by atoms with van der Waals surface area (Å²) >= 11 is 11.4.